The van der Waals surface area contributed by atoms with Gasteiger partial charge >= 0.3 is 5.97 Å². The van der Waals surface area contributed by atoms with E-state index in [1.54, 1.807) is 4.68 Å². The number of nitrogens with zero attached hydrogens (tertiary/aromatic N) is 4. The zero-order valence-electron chi connectivity index (χ0n) is 12.5. The molecule has 0 saturated heterocycles. The summed E-state index contributed by atoms with van der Waals surface area (Å²) in [6, 6.07) is -0.170. The molecular weight excluding hydrogens is 256 g/mol. The molecule has 1 N–H and O–H groups in total. The summed E-state index contributed by atoms with van der Waals surface area (Å²) in [5.41, 5.74) is 0. The van der Waals surface area contributed by atoms with Gasteiger partial charge in [-0.3, -0.25) is 4.79 Å². The van der Waals surface area contributed by atoms with Crippen molar-refractivity contribution in [2.24, 2.45) is 11.8 Å². The molecule has 0 amide bonds. The molecule has 6 nitrogen and oxygen atoms in total. The van der Waals surface area contributed by atoms with Crippen molar-refractivity contribution >= 4 is 5.97 Å². The van der Waals surface area contributed by atoms with Crippen LogP contribution in [0.4, 0.5) is 0 Å². The number of aliphatic carboxylic acids is 1. The fourth-order valence-electron chi connectivity index (χ4n) is 3.01. The van der Waals surface area contributed by atoms with Crippen molar-refractivity contribution in [3.63, 3.8) is 0 Å². The molecule has 1 unspecified atom stereocenters. The molecule has 1 heterocycles. The number of carbonyl (C=O) groups is 1. The summed E-state index contributed by atoms with van der Waals surface area (Å²) in [4.78, 5) is 11.1. The minimum atomic E-state index is -0.803. The van der Waals surface area contributed by atoms with E-state index in [2.05, 4.69) is 22.4 Å². The molecule has 0 radical (unpaired) electrons. The highest BCUT2D eigenvalue weighted by Crippen LogP contribution is 2.36. The van der Waals surface area contributed by atoms with Crippen LogP contribution in [0.3, 0.4) is 0 Å². The maximum absolute atomic E-state index is 11.1. The van der Waals surface area contributed by atoms with Crippen molar-refractivity contribution in [3.8, 4) is 0 Å². The Bertz CT molecular complexity index is 450. The number of carboxylic acids is 1. The molecular formula is C14H24N4O2. The molecule has 1 aliphatic rings. The van der Waals surface area contributed by atoms with Gasteiger partial charge in [-0.25, -0.2) is 4.68 Å². The molecule has 2 rings (SSSR count). The Kier molecular flexibility index (Phi) is 4.73. The van der Waals surface area contributed by atoms with E-state index in [9.17, 15) is 4.79 Å². The second kappa shape index (κ2) is 6.33. The summed E-state index contributed by atoms with van der Waals surface area (Å²) < 4.78 is 1.76. The van der Waals surface area contributed by atoms with Crippen LogP contribution in [0.2, 0.25) is 0 Å². The first-order valence-electron chi connectivity index (χ1n) is 7.48. The van der Waals surface area contributed by atoms with Gasteiger partial charge in [-0.15, -0.1) is 5.10 Å². The van der Waals surface area contributed by atoms with Crippen molar-refractivity contribution < 1.29 is 9.90 Å². The quantitative estimate of drug-likeness (QED) is 0.896. The highest BCUT2D eigenvalue weighted by molar-refractivity contribution is 5.67. The number of aromatic nitrogens is 4. The largest absolute Gasteiger partial charge is 0.481 e. The van der Waals surface area contributed by atoms with Crippen molar-refractivity contribution in [2.75, 3.05) is 0 Å². The lowest BCUT2D eigenvalue weighted by molar-refractivity contribution is -0.138. The number of carboxylic acid groups (broad SMARTS) is 1. The molecule has 1 aromatic rings. The fourth-order valence-corrected chi connectivity index (χ4v) is 3.01. The average Bonchev–Trinajstić information content (AvgIpc) is 2.85. The van der Waals surface area contributed by atoms with Crippen molar-refractivity contribution in [2.45, 2.75) is 64.8 Å². The minimum Gasteiger partial charge on any atom is -0.481 e. The van der Waals surface area contributed by atoms with E-state index in [1.807, 2.05) is 13.8 Å². The normalized spacial score (nSPS) is 24.8. The van der Waals surface area contributed by atoms with Crippen LogP contribution in [-0.4, -0.2) is 31.3 Å². The lowest BCUT2D eigenvalue weighted by Crippen LogP contribution is -2.24. The van der Waals surface area contributed by atoms with Gasteiger partial charge in [-0.05, 0) is 35.1 Å². The van der Waals surface area contributed by atoms with Crippen LogP contribution < -0.4 is 0 Å². The van der Waals surface area contributed by atoms with Crippen molar-refractivity contribution in [1.29, 1.82) is 0 Å². The van der Waals surface area contributed by atoms with Gasteiger partial charge in [0.1, 0.15) is 0 Å². The molecule has 0 aromatic carbocycles. The second-order valence-corrected chi connectivity index (χ2v) is 6.35. The number of rotatable bonds is 5. The van der Waals surface area contributed by atoms with Gasteiger partial charge in [0.15, 0.2) is 5.82 Å². The molecule has 0 spiro atoms. The molecule has 20 heavy (non-hydrogen) atoms. The molecule has 1 saturated carbocycles. The smallest absolute Gasteiger partial charge is 0.305 e. The zero-order valence-corrected chi connectivity index (χ0v) is 12.5. The Morgan fingerprint density at radius 2 is 2.00 bits per heavy atom. The topological polar surface area (TPSA) is 80.9 Å². The van der Waals surface area contributed by atoms with Gasteiger partial charge in [-0.1, -0.05) is 33.6 Å². The Morgan fingerprint density at radius 3 is 2.55 bits per heavy atom. The van der Waals surface area contributed by atoms with Crippen LogP contribution in [0.25, 0.3) is 0 Å². The van der Waals surface area contributed by atoms with Gasteiger partial charge in [0, 0.05) is 5.92 Å². The zero-order chi connectivity index (χ0) is 14.7. The molecule has 1 aliphatic carbocycles. The SMILES string of the molecule is CC1CCC(c2nnnn2C(CC(=O)O)C(C)C)CC1. The third-order valence-electron chi connectivity index (χ3n) is 4.37. The maximum atomic E-state index is 11.1. The van der Waals surface area contributed by atoms with Crippen LogP contribution in [-0.2, 0) is 4.79 Å². The van der Waals surface area contributed by atoms with Crippen molar-refractivity contribution in [3.05, 3.63) is 5.82 Å². The van der Waals surface area contributed by atoms with Gasteiger partial charge in [0.25, 0.3) is 0 Å². The summed E-state index contributed by atoms with van der Waals surface area (Å²) in [6.07, 6.45) is 4.66. The first kappa shape index (κ1) is 14.9. The number of hydrogen-bond donors (Lipinski definition) is 1. The lowest BCUT2D eigenvalue weighted by atomic mass is 9.82. The summed E-state index contributed by atoms with van der Waals surface area (Å²) >= 11 is 0. The second-order valence-electron chi connectivity index (χ2n) is 6.35. The molecule has 1 fully saturated rings. The summed E-state index contributed by atoms with van der Waals surface area (Å²) in [6.45, 7) is 6.31. The molecule has 6 heteroatoms. The highest BCUT2D eigenvalue weighted by atomic mass is 16.4. The minimum absolute atomic E-state index is 0.0683. The van der Waals surface area contributed by atoms with Crippen LogP contribution in [0.15, 0.2) is 0 Å². The first-order chi connectivity index (χ1) is 9.49. The predicted octanol–water partition coefficient (Wildman–Crippen LogP) is 2.64. The Hall–Kier alpha value is -1.46. The standard InChI is InChI=1S/C14H24N4O2/c1-9(2)12(8-13(19)20)18-14(15-16-17-18)11-6-4-10(3)5-7-11/h9-12H,4-8H2,1-3H3,(H,19,20). The lowest BCUT2D eigenvalue weighted by Gasteiger charge is -2.27. The van der Waals surface area contributed by atoms with Crippen LogP contribution in [0.5, 0.6) is 0 Å². The van der Waals surface area contributed by atoms with E-state index in [0.29, 0.717) is 5.92 Å². The summed E-state index contributed by atoms with van der Waals surface area (Å²) in [7, 11) is 0. The van der Waals surface area contributed by atoms with E-state index in [0.717, 1.165) is 24.6 Å². The van der Waals surface area contributed by atoms with E-state index >= 15 is 0 Å². The number of tetrazole rings is 1. The Morgan fingerprint density at radius 1 is 1.35 bits per heavy atom. The fraction of sp³-hybridized carbons (Fsp3) is 0.857. The predicted molar refractivity (Wildman–Crippen MR) is 74.3 cm³/mol. The molecule has 0 aliphatic heterocycles. The van der Waals surface area contributed by atoms with Gasteiger partial charge in [0.05, 0.1) is 12.5 Å². The average molecular weight is 280 g/mol. The van der Waals surface area contributed by atoms with Gasteiger partial charge < -0.3 is 5.11 Å². The van der Waals surface area contributed by atoms with E-state index in [4.69, 9.17) is 5.11 Å². The molecule has 1 atom stereocenters. The molecule has 1 aromatic heterocycles. The molecule has 0 bridgehead atoms. The van der Waals surface area contributed by atoms with Gasteiger partial charge in [0.2, 0.25) is 0 Å². The van der Waals surface area contributed by atoms with E-state index in [-0.39, 0.29) is 18.4 Å². The van der Waals surface area contributed by atoms with Crippen LogP contribution >= 0.6 is 0 Å². The summed E-state index contributed by atoms with van der Waals surface area (Å²) in [5.74, 6) is 1.40. The Labute approximate surface area is 119 Å². The monoisotopic (exact) mass is 280 g/mol. The third kappa shape index (κ3) is 3.35. The van der Waals surface area contributed by atoms with Crippen LogP contribution in [0, 0.1) is 11.8 Å². The van der Waals surface area contributed by atoms with E-state index < -0.39 is 5.97 Å². The van der Waals surface area contributed by atoms with Crippen molar-refractivity contribution in [1.82, 2.24) is 20.2 Å². The maximum Gasteiger partial charge on any atom is 0.305 e. The highest BCUT2D eigenvalue weighted by Gasteiger charge is 2.29. The van der Waals surface area contributed by atoms with Crippen LogP contribution in [0.1, 0.15) is 70.7 Å². The molecule has 112 valence electrons. The third-order valence-corrected chi connectivity index (χ3v) is 4.37. The first-order valence-corrected chi connectivity index (χ1v) is 7.48. The summed E-state index contributed by atoms with van der Waals surface area (Å²) in [5, 5.41) is 21.1. The Balaban J connectivity index is 2.19. The van der Waals surface area contributed by atoms with E-state index in [1.165, 1.54) is 12.8 Å². The van der Waals surface area contributed by atoms with Gasteiger partial charge in [-0.2, -0.15) is 0 Å². The number of hydrogen-bond acceptors (Lipinski definition) is 4.